The van der Waals surface area contributed by atoms with E-state index in [1.807, 2.05) is 0 Å². The number of benzene rings is 1. The Balaban J connectivity index is 3.44. The highest BCUT2D eigenvalue weighted by molar-refractivity contribution is 9.10. The number of carbonyl (C=O) groups is 2. The topological polar surface area (TPSA) is 72.8 Å². The predicted octanol–water partition coefficient (Wildman–Crippen LogP) is 1.73. The maximum absolute atomic E-state index is 11.5. The van der Waals surface area contributed by atoms with Gasteiger partial charge in [0.2, 0.25) is 0 Å². The molecule has 0 bridgehead atoms. The molecule has 0 saturated carbocycles. The molecule has 0 heterocycles. The number of rotatable bonds is 2. The molecule has 86 valence electrons. The van der Waals surface area contributed by atoms with E-state index in [9.17, 15) is 14.7 Å². The largest absolute Gasteiger partial charge is 0.507 e. The van der Waals surface area contributed by atoms with Crippen LogP contribution in [0.4, 0.5) is 0 Å². The molecule has 5 nitrogen and oxygen atoms in total. The Kier molecular flexibility index (Phi) is 3.89. The van der Waals surface area contributed by atoms with Crippen LogP contribution in [-0.2, 0) is 9.47 Å². The van der Waals surface area contributed by atoms with E-state index in [2.05, 4.69) is 25.4 Å². The molecule has 0 aromatic heterocycles. The lowest BCUT2D eigenvalue weighted by Gasteiger charge is -2.09. The highest BCUT2D eigenvalue weighted by Gasteiger charge is 2.23. The molecule has 0 saturated heterocycles. The van der Waals surface area contributed by atoms with Gasteiger partial charge in [0.1, 0.15) is 5.75 Å². The Morgan fingerprint density at radius 3 is 2.25 bits per heavy atom. The van der Waals surface area contributed by atoms with Gasteiger partial charge in [0.25, 0.3) is 0 Å². The van der Waals surface area contributed by atoms with Crippen molar-refractivity contribution in [2.75, 3.05) is 14.2 Å². The summed E-state index contributed by atoms with van der Waals surface area (Å²) in [7, 11) is 2.38. The highest BCUT2D eigenvalue weighted by atomic mass is 79.9. The van der Waals surface area contributed by atoms with E-state index in [4.69, 9.17) is 0 Å². The SMILES string of the molecule is COC(=O)c1ccc(O)c(Br)c1C(=O)OC. The van der Waals surface area contributed by atoms with Crippen LogP contribution in [0.3, 0.4) is 0 Å². The second-order valence-corrected chi connectivity index (χ2v) is 3.60. The number of hydrogen-bond donors (Lipinski definition) is 1. The molecule has 1 aromatic carbocycles. The summed E-state index contributed by atoms with van der Waals surface area (Å²) < 4.78 is 9.14. The second kappa shape index (κ2) is 4.98. The fourth-order valence-electron chi connectivity index (χ4n) is 1.15. The number of phenols is 1. The van der Waals surface area contributed by atoms with E-state index in [1.54, 1.807) is 0 Å². The zero-order valence-electron chi connectivity index (χ0n) is 8.61. The van der Waals surface area contributed by atoms with Crippen LogP contribution < -0.4 is 0 Å². The molecule has 1 N–H and O–H groups in total. The average molecular weight is 289 g/mol. The molecule has 0 radical (unpaired) electrons. The third kappa shape index (κ3) is 2.16. The third-order valence-corrected chi connectivity index (χ3v) is 2.72. The quantitative estimate of drug-likeness (QED) is 0.839. The van der Waals surface area contributed by atoms with Crippen molar-refractivity contribution in [3.8, 4) is 5.75 Å². The molecule has 6 heteroatoms. The van der Waals surface area contributed by atoms with Crippen molar-refractivity contribution < 1.29 is 24.2 Å². The summed E-state index contributed by atoms with van der Waals surface area (Å²) >= 11 is 3.01. The van der Waals surface area contributed by atoms with Gasteiger partial charge in [-0.3, -0.25) is 0 Å². The lowest BCUT2D eigenvalue weighted by molar-refractivity contribution is 0.0554. The van der Waals surface area contributed by atoms with Gasteiger partial charge in [-0.05, 0) is 28.1 Å². The molecule has 0 atom stereocenters. The van der Waals surface area contributed by atoms with Gasteiger partial charge in [-0.2, -0.15) is 0 Å². The van der Waals surface area contributed by atoms with Crippen LogP contribution in [0, 0.1) is 0 Å². The van der Waals surface area contributed by atoms with Gasteiger partial charge in [0.15, 0.2) is 0 Å². The number of methoxy groups -OCH3 is 2. The first-order chi connectivity index (χ1) is 7.52. The Morgan fingerprint density at radius 1 is 1.19 bits per heavy atom. The molecule has 0 aliphatic carbocycles. The summed E-state index contributed by atoms with van der Waals surface area (Å²) in [5, 5.41) is 9.42. The number of phenolic OH excluding ortho intramolecular Hbond substituents is 1. The monoisotopic (exact) mass is 288 g/mol. The summed E-state index contributed by atoms with van der Waals surface area (Å²) in [5.41, 5.74) is -0.0339. The fourth-order valence-corrected chi connectivity index (χ4v) is 1.65. The van der Waals surface area contributed by atoms with Crippen molar-refractivity contribution in [2.45, 2.75) is 0 Å². The van der Waals surface area contributed by atoms with Crippen LogP contribution in [0.1, 0.15) is 20.7 Å². The van der Waals surface area contributed by atoms with Crippen LogP contribution in [-0.4, -0.2) is 31.3 Å². The minimum Gasteiger partial charge on any atom is -0.507 e. The van der Waals surface area contributed by atoms with Crippen molar-refractivity contribution in [3.63, 3.8) is 0 Å². The van der Waals surface area contributed by atoms with Crippen LogP contribution in [0.15, 0.2) is 16.6 Å². The summed E-state index contributed by atoms with van der Waals surface area (Å²) in [6.07, 6.45) is 0. The second-order valence-electron chi connectivity index (χ2n) is 2.80. The molecule has 1 aromatic rings. The van der Waals surface area contributed by atoms with Crippen LogP contribution >= 0.6 is 15.9 Å². The summed E-state index contributed by atoms with van der Waals surface area (Å²) in [6.45, 7) is 0. The van der Waals surface area contributed by atoms with Crippen molar-refractivity contribution in [1.82, 2.24) is 0 Å². The molecule has 16 heavy (non-hydrogen) atoms. The number of halogens is 1. The predicted molar refractivity (Wildman–Crippen MR) is 58.5 cm³/mol. The minimum atomic E-state index is -0.733. The normalized spacial score (nSPS) is 9.69. The van der Waals surface area contributed by atoms with Crippen molar-refractivity contribution >= 4 is 27.9 Å². The van der Waals surface area contributed by atoms with E-state index in [0.29, 0.717) is 0 Å². The van der Waals surface area contributed by atoms with E-state index >= 15 is 0 Å². The Bertz CT molecular complexity index is 441. The first kappa shape index (κ1) is 12.5. The van der Waals surface area contributed by atoms with E-state index < -0.39 is 11.9 Å². The van der Waals surface area contributed by atoms with Crippen molar-refractivity contribution in [3.05, 3.63) is 27.7 Å². The number of esters is 2. The third-order valence-electron chi connectivity index (χ3n) is 1.92. The van der Waals surface area contributed by atoms with Crippen molar-refractivity contribution in [2.24, 2.45) is 0 Å². The fraction of sp³-hybridized carbons (Fsp3) is 0.200. The minimum absolute atomic E-state index is 0.0269. The molecule has 1 rings (SSSR count). The van der Waals surface area contributed by atoms with Crippen LogP contribution in [0.5, 0.6) is 5.75 Å². The first-order valence-corrected chi connectivity index (χ1v) is 5.00. The van der Waals surface area contributed by atoms with Gasteiger partial charge in [0.05, 0.1) is 29.8 Å². The van der Waals surface area contributed by atoms with E-state index in [1.165, 1.54) is 26.4 Å². The van der Waals surface area contributed by atoms with Crippen LogP contribution in [0.2, 0.25) is 0 Å². The first-order valence-electron chi connectivity index (χ1n) is 4.21. The molecule has 0 amide bonds. The Hall–Kier alpha value is -1.56. The van der Waals surface area contributed by atoms with E-state index in [-0.39, 0.29) is 21.3 Å². The molecule has 0 aliphatic heterocycles. The maximum atomic E-state index is 11.5. The average Bonchev–Trinajstić information content (AvgIpc) is 2.30. The molecular weight excluding hydrogens is 280 g/mol. The molecular formula is C10H9BrO5. The number of ether oxygens (including phenoxy) is 2. The standard InChI is InChI=1S/C10H9BrO5/c1-15-9(13)5-3-4-6(12)8(11)7(5)10(14)16-2/h3-4,12H,1-2H3. The number of carbonyl (C=O) groups excluding carboxylic acids is 2. The van der Waals surface area contributed by atoms with Gasteiger partial charge in [0, 0.05) is 0 Å². The van der Waals surface area contributed by atoms with Crippen molar-refractivity contribution in [1.29, 1.82) is 0 Å². The van der Waals surface area contributed by atoms with Gasteiger partial charge < -0.3 is 14.6 Å². The van der Waals surface area contributed by atoms with Gasteiger partial charge in [-0.25, -0.2) is 9.59 Å². The maximum Gasteiger partial charge on any atom is 0.340 e. The zero-order valence-corrected chi connectivity index (χ0v) is 10.2. The van der Waals surface area contributed by atoms with E-state index in [0.717, 1.165) is 0 Å². The molecule has 0 spiro atoms. The molecule has 0 aliphatic rings. The van der Waals surface area contributed by atoms with Gasteiger partial charge in [-0.1, -0.05) is 0 Å². The highest BCUT2D eigenvalue weighted by Crippen LogP contribution is 2.31. The van der Waals surface area contributed by atoms with Crippen LogP contribution in [0.25, 0.3) is 0 Å². The summed E-state index contributed by atoms with van der Waals surface area (Å²) in [5.74, 6) is -1.57. The Morgan fingerprint density at radius 2 is 1.75 bits per heavy atom. The lowest BCUT2D eigenvalue weighted by Crippen LogP contribution is -2.12. The smallest absolute Gasteiger partial charge is 0.340 e. The Labute approximate surface area is 100 Å². The summed E-state index contributed by atoms with van der Waals surface area (Å²) in [4.78, 5) is 22.8. The molecule has 0 unspecified atom stereocenters. The lowest BCUT2D eigenvalue weighted by atomic mass is 10.1. The molecule has 0 fully saturated rings. The van der Waals surface area contributed by atoms with Gasteiger partial charge >= 0.3 is 11.9 Å². The summed E-state index contributed by atoms with van der Waals surface area (Å²) in [6, 6.07) is 2.57. The number of aromatic hydroxyl groups is 1. The number of hydrogen-bond acceptors (Lipinski definition) is 5. The zero-order chi connectivity index (χ0) is 12.3. The van der Waals surface area contributed by atoms with Gasteiger partial charge in [-0.15, -0.1) is 0 Å².